The second kappa shape index (κ2) is 10.7. The summed E-state index contributed by atoms with van der Waals surface area (Å²) in [6, 6.07) is 16.7. The molecule has 1 aliphatic heterocycles. The van der Waals surface area contributed by atoms with Crippen molar-refractivity contribution < 1.29 is 14.6 Å². The molecule has 3 N–H and O–H groups in total. The van der Waals surface area contributed by atoms with Crippen LogP contribution in [0.4, 0.5) is 0 Å². The van der Waals surface area contributed by atoms with Crippen LogP contribution in [0.3, 0.4) is 0 Å². The molecule has 174 valence electrons. The molecule has 5 heteroatoms. The number of hydrogen-bond donors (Lipinski definition) is 2. The Hall–Kier alpha value is -2.08. The van der Waals surface area contributed by atoms with Crippen molar-refractivity contribution >= 4 is 0 Å². The molecule has 2 fully saturated rings. The first kappa shape index (κ1) is 23.1. The molecule has 1 saturated carbocycles. The van der Waals surface area contributed by atoms with Crippen molar-refractivity contribution in [3.8, 4) is 11.5 Å². The van der Waals surface area contributed by atoms with Crippen LogP contribution in [0.2, 0.25) is 0 Å². The molecule has 2 aliphatic rings. The first-order valence-electron chi connectivity index (χ1n) is 12.1. The fourth-order valence-electron chi connectivity index (χ4n) is 5.25. The van der Waals surface area contributed by atoms with E-state index in [-0.39, 0.29) is 5.92 Å². The highest BCUT2D eigenvalue weighted by Gasteiger charge is 2.40. The summed E-state index contributed by atoms with van der Waals surface area (Å²) in [5.74, 6) is 1.51. The summed E-state index contributed by atoms with van der Waals surface area (Å²) >= 11 is 0. The molecule has 1 heterocycles. The number of likely N-dealkylation sites (tertiary alicyclic amines) is 1. The van der Waals surface area contributed by atoms with Crippen molar-refractivity contribution in [3.63, 3.8) is 0 Å². The smallest absolute Gasteiger partial charge is 0.161 e. The maximum Gasteiger partial charge on any atom is 0.161 e. The molecule has 1 unspecified atom stereocenters. The molecule has 4 rings (SSSR count). The van der Waals surface area contributed by atoms with Crippen LogP contribution < -0.4 is 15.2 Å². The van der Waals surface area contributed by atoms with Crippen LogP contribution in [-0.2, 0) is 6.61 Å². The van der Waals surface area contributed by atoms with Crippen LogP contribution in [0.5, 0.6) is 11.5 Å². The molecule has 1 aliphatic carbocycles. The van der Waals surface area contributed by atoms with Crippen molar-refractivity contribution in [2.24, 2.45) is 5.73 Å². The van der Waals surface area contributed by atoms with Crippen LogP contribution in [0.25, 0.3) is 0 Å². The fourth-order valence-corrected chi connectivity index (χ4v) is 5.25. The highest BCUT2D eigenvalue weighted by molar-refractivity contribution is 5.45. The SMILES string of the molecule is COc1cc(C(CN2CCC(N)CC2)C2(O)CCCCC2)ccc1OCc1ccccc1. The quantitative estimate of drug-likeness (QED) is 0.636. The van der Waals surface area contributed by atoms with E-state index in [4.69, 9.17) is 15.2 Å². The molecule has 2 aromatic carbocycles. The van der Waals surface area contributed by atoms with Gasteiger partial charge in [-0.1, -0.05) is 55.7 Å². The second-order valence-electron chi connectivity index (χ2n) is 9.54. The van der Waals surface area contributed by atoms with E-state index >= 15 is 0 Å². The number of aliphatic hydroxyl groups is 1. The van der Waals surface area contributed by atoms with E-state index in [0.717, 1.165) is 80.8 Å². The normalized spacial score (nSPS) is 20.6. The number of rotatable bonds is 8. The summed E-state index contributed by atoms with van der Waals surface area (Å²) in [6.07, 6.45) is 7.17. The molecule has 1 atom stereocenters. The lowest BCUT2D eigenvalue weighted by molar-refractivity contribution is -0.0324. The maximum absolute atomic E-state index is 11.7. The Balaban J connectivity index is 1.55. The van der Waals surface area contributed by atoms with E-state index in [1.54, 1.807) is 7.11 Å². The Morgan fingerprint density at radius 3 is 2.44 bits per heavy atom. The Labute approximate surface area is 192 Å². The third-order valence-corrected chi connectivity index (χ3v) is 7.27. The van der Waals surface area contributed by atoms with Crippen molar-refractivity contribution in [3.05, 3.63) is 59.7 Å². The van der Waals surface area contributed by atoms with Crippen molar-refractivity contribution in [2.45, 2.75) is 69.1 Å². The van der Waals surface area contributed by atoms with Gasteiger partial charge in [-0.3, -0.25) is 0 Å². The number of nitrogens with zero attached hydrogens (tertiary/aromatic N) is 1. The standard InChI is InChI=1S/C27H38N2O3/c1-31-26-18-22(10-11-25(26)32-20-21-8-4-2-5-9-21)24(27(30)14-6-3-7-15-27)19-29-16-12-23(28)13-17-29/h2,4-5,8-11,18,23-24,30H,3,6-7,12-17,19-20,28H2,1H3. The number of ether oxygens (including phenoxy) is 2. The average molecular weight is 439 g/mol. The van der Waals surface area contributed by atoms with Gasteiger partial charge in [-0.05, 0) is 62.0 Å². The summed E-state index contributed by atoms with van der Waals surface area (Å²) in [7, 11) is 1.69. The van der Waals surface area contributed by atoms with Gasteiger partial charge < -0.3 is 25.2 Å². The zero-order chi connectivity index (χ0) is 22.4. The van der Waals surface area contributed by atoms with E-state index in [1.165, 1.54) is 6.42 Å². The molecular formula is C27H38N2O3. The molecule has 32 heavy (non-hydrogen) atoms. The minimum absolute atomic E-state index is 0.0502. The van der Waals surface area contributed by atoms with Gasteiger partial charge in [-0.15, -0.1) is 0 Å². The van der Waals surface area contributed by atoms with E-state index in [1.807, 2.05) is 24.3 Å². The van der Waals surface area contributed by atoms with E-state index < -0.39 is 5.60 Å². The molecule has 2 aromatic rings. The van der Waals surface area contributed by atoms with Crippen LogP contribution in [0, 0.1) is 0 Å². The largest absolute Gasteiger partial charge is 0.493 e. The maximum atomic E-state index is 11.7. The van der Waals surface area contributed by atoms with Crippen LogP contribution >= 0.6 is 0 Å². The molecule has 0 amide bonds. The van der Waals surface area contributed by atoms with Gasteiger partial charge in [0.05, 0.1) is 12.7 Å². The van der Waals surface area contributed by atoms with E-state index in [2.05, 4.69) is 29.2 Å². The molecule has 0 spiro atoms. The van der Waals surface area contributed by atoms with Gasteiger partial charge in [0, 0.05) is 18.5 Å². The fraction of sp³-hybridized carbons (Fsp3) is 0.556. The van der Waals surface area contributed by atoms with Gasteiger partial charge in [0.1, 0.15) is 6.61 Å². The second-order valence-corrected chi connectivity index (χ2v) is 9.54. The molecule has 5 nitrogen and oxygen atoms in total. The van der Waals surface area contributed by atoms with Gasteiger partial charge >= 0.3 is 0 Å². The van der Waals surface area contributed by atoms with Gasteiger partial charge in [0.25, 0.3) is 0 Å². The summed E-state index contributed by atoms with van der Waals surface area (Å²) in [5, 5.41) is 11.7. The average Bonchev–Trinajstić information content (AvgIpc) is 2.83. The number of methoxy groups -OCH3 is 1. The van der Waals surface area contributed by atoms with Gasteiger partial charge in [0.2, 0.25) is 0 Å². The first-order chi connectivity index (χ1) is 15.6. The Morgan fingerprint density at radius 2 is 1.75 bits per heavy atom. The lowest BCUT2D eigenvalue weighted by atomic mass is 9.72. The Bertz CT molecular complexity index is 843. The van der Waals surface area contributed by atoms with Gasteiger partial charge in [-0.25, -0.2) is 0 Å². The van der Waals surface area contributed by atoms with Gasteiger partial charge in [0.15, 0.2) is 11.5 Å². The summed E-state index contributed by atoms with van der Waals surface area (Å²) in [4.78, 5) is 2.48. The lowest BCUT2D eigenvalue weighted by Crippen LogP contribution is -2.47. The summed E-state index contributed by atoms with van der Waals surface area (Å²) < 4.78 is 11.8. The predicted molar refractivity (Wildman–Crippen MR) is 128 cm³/mol. The first-order valence-corrected chi connectivity index (χ1v) is 12.1. The van der Waals surface area contributed by atoms with Crippen LogP contribution in [0.15, 0.2) is 48.5 Å². The monoisotopic (exact) mass is 438 g/mol. The topological polar surface area (TPSA) is 68.0 Å². The molecule has 1 saturated heterocycles. The van der Waals surface area contributed by atoms with Crippen LogP contribution in [-0.4, -0.2) is 48.4 Å². The zero-order valence-corrected chi connectivity index (χ0v) is 19.3. The Morgan fingerprint density at radius 1 is 1.03 bits per heavy atom. The summed E-state index contributed by atoms with van der Waals surface area (Å²) in [6.45, 7) is 3.36. The van der Waals surface area contributed by atoms with Crippen molar-refractivity contribution in [2.75, 3.05) is 26.7 Å². The van der Waals surface area contributed by atoms with Crippen molar-refractivity contribution in [1.29, 1.82) is 0 Å². The van der Waals surface area contributed by atoms with E-state index in [0.29, 0.717) is 12.6 Å². The molecule has 0 bridgehead atoms. The molecular weight excluding hydrogens is 400 g/mol. The number of hydrogen-bond acceptors (Lipinski definition) is 5. The molecule has 0 aromatic heterocycles. The Kier molecular flexibility index (Phi) is 7.71. The summed E-state index contributed by atoms with van der Waals surface area (Å²) in [5.41, 5.74) is 7.71. The minimum Gasteiger partial charge on any atom is -0.493 e. The zero-order valence-electron chi connectivity index (χ0n) is 19.3. The third kappa shape index (κ3) is 5.64. The highest BCUT2D eigenvalue weighted by atomic mass is 16.5. The lowest BCUT2D eigenvalue weighted by Gasteiger charge is -2.43. The predicted octanol–water partition coefficient (Wildman–Crippen LogP) is 4.48. The number of benzene rings is 2. The number of piperidine rings is 1. The number of nitrogens with two attached hydrogens (primary N) is 1. The molecule has 0 radical (unpaired) electrons. The van der Waals surface area contributed by atoms with Crippen molar-refractivity contribution in [1.82, 2.24) is 4.90 Å². The minimum atomic E-state index is -0.671. The highest BCUT2D eigenvalue weighted by Crippen LogP contribution is 2.43. The van der Waals surface area contributed by atoms with Crippen LogP contribution in [0.1, 0.15) is 62.0 Å². The third-order valence-electron chi connectivity index (χ3n) is 7.27. The van der Waals surface area contributed by atoms with Gasteiger partial charge in [-0.2, -0.15) is 0 Å². The van der Waals surface area contributed by atoms with E-state index in [9.17, 15) is 5.11 Å².